The normalized spacial score (nSPS) is 52.9. The summed E-state index contributed by atoms with van der Waals surface area (Å²) < 4.78 is 0. The Morgan fingerprint density at radius 2 is 1.50 bits per heavy atom. The molecule has 0 aliphatic heterocycles. The van der Waals surface area contributed by atoms with Crippen molar-refractivity contribution in [1.29, 1.82) is 0 Å². The minimum atomic E-state index is 0.631. The summed E-state index contributed by atoms with van der Waals surface area (Å²) in [6.07, 6.45) is 19.5. The molecule has 0 amide bonds. The Balaban J connectivity index is 1.69. The third-order valence-corrected chi connectivity index (χ3v) is 9.89. The molecule has 8 atom stereocenters. The van der Waals surface area contributed by atoms with Gasteiger partial charge in [-0.2, -0.15) is 12.6 Å². The van der Waals surface area contributed by atoms with Crippen LogP contribution in [-0.2, 0) is 0 Å². The van der Waals surface area contributed by atoms with Crippen molar-refractivity contribution < 1.29 is 0 Å². The first-order valence-electron chi connectivity index (χ1n) is 11.3. The molecule has 4 aliphatic rings. The third-order valence-electron chi connectivity index (χ3n) is 9.25. The van der Waals surface area contributed by atoms with Gasteiger partial charge in [0.05, 0.1) is 0 Å². The molecule has 1 heteroatoms. The maximum absolute atomic E-state index is 5.19. The van der Waals surface area contributed by atoms with Gasteiger partial charge in [0.15, 0.2) is 0 Å². The van der Waals surface area contributed by atoms with Crippen LogP contribution in [0.4, 0.5) is 0 Å². The van der Waals surface area contributed by atoms with E-state index in [4.69, 9.17) is 12.6 Å². The molecule has 0 aromatic rings. The lowest BCUT2D eigenvalue weighted by Gasteiger charge is -2.58. The van der Waals surface area contributed by atoms with Gasteiger partial charge in [-0.05, 0) is 85.9 Å². The van der Waals surface area contributed by atoms with Crippen molar-refractivity contribution in [3.05, 3.63) is 0 Å². The lowest BCUT2D eigenvalue weighted by Crippen LogP contribution is -2.51. The second-order valence-electron chi connectivity index (χ2n) is 10.4. The molecule has 0 N–H and O–H groups in total. The summed E-state index contributed by atoms with van der Waals surface area (Å²) in [5.41, 5.74) is 0.631. The summed E-state index contributed by atoms with van der Waals surface area (Å²) in [4.78, 5) is 0. The third kappa shape index (κ3) is 3.10. The second kappa shape index (κ2) is 7.16. The van der Waals surface area contributed by atoms with Crippen LogP contribution in [0.2, 0.25) is 0 Å². The quantitative estimate of drug-likeness (QED) is 0.442. The van der Waals surface area contributed by atoms with Crippen molar-refractivity contribution in [2.24, 2.45) is 40.9 Å². The van der Waals surface area contributed by atoms with Crippen LogP contribution in [-0.4, -0.2) is 5.25 Å². The molecule has 4 saturated carbocycles. The van der Waals surface area contributed by atoms with E-state index in [9.17, 15) is 0 Å². The minimum Gasteiger partial charge on any atom is -0.176 e. The first-order valence-corrected chi connectivity index (χ1v) is 11.8. The van der Waals surface area contributed by atoms with Crippen LogP contribution >= 0.6 is 12.6 Å². The number of hydrogen-bond donors (Lipinski definition) is 1. The zero-order chi connectivity index (χ0) is 16.7. The molecule has 0 nitrogen and oxygen atoms in total. The summed E-state index contributed by atoms with van der Waals surface area (Å²) in [7, 11) is 0. The first-order chi connectivity index (χ1) is 11.6. The Morgan fingerprint density at radius 3 is 2.38 bits per heavy atom. The number of hydrogen-bond acceptors (Lipinski definition) is 1. The van der Waals surface area contributed by atoms with Crippen LogP contribution in [0.15, 0.2) is 0 Å². The topological polar surface area (TPSA) is 0 Å². The fourth-order valence-electron chi connectivity index (χ4n) is 7.82. The van der Waals surface area contributed by atoms with E-state index in [0.717, 1.165) is 35.5 Å². The maximum atomic E-state index is 5.19. The van der Waals surface area contributed by atoms with Crippen molar-refractivity contribution in [2.75, 3.05) is 0 Å². The first kappa shape index (κ1) is 17.7. The molecule has 8 unspecified atom stereocenters. The summed E-state index contributed by atoms with van der Waals surface area (Å²) in [5, 5.41) is 0.683. The van der Waals surface area contributed by atoms with Crippen molar-refractivity contribution >= 4 is 12.6 Å². The highest BCUT2D eigenvalue weighted by Crippen LogP contribution is 2.61. The van der Waals surface area contributed by atoms with Crippen LogP contribution < -0.4 is 0 Å². The monoisotopic (exact) mass is 348 g/mol. The molecule has 0 radical (unpaired) electrons. The van der Waals surface area contributed by atoms with E-state index >= 15 is 0 Å². The molecule has 4 aliphatic carbocycles. The smallest absolute Gasteiger partial charge is 0.00479 e. The van der Waals surface area contributed by atoms with Crippen LogP contribution in [0.3, 0.4) is 0 Å². The standard InChI is InChI=1S/C23H40S/c1-16-13-14-23(2)20-9-5-4-8-19(20)22(24)10-6-3-7-17-11-12-18(16)21(23)15-17/h16-22,24H,3-15H2,1-2H3. The highest BCUT2D eigenvalue weighted by atomic mass is 32.1. The maximum Gasteiger partial charge on any atom is 0.00479 e. The van der Waals surface area contributed by atoms with Crippen LogP contribution in [0.1, 0.15) is 97.3 Å². The highest BCUT2D eigenvalue weighted by molar-refractivity contribution is 7.81. The molecule has 0 aromatic carbocycles. The van der Waals surface area contributed by atoms with Gasteiger partial charge < -0.3 is 0 Å². The van der Waals surface area contributed by atoms with Crippen LogP contribution in [0, 0.1) is 40.9 Å². The zero-order valence-electron chi connectivity index (χ0n) is 16.2. The minimum absolute atomic E-state index is 0.631. The summed E-state index contributed by atoms with van der Waals surface area (Å²) >= 11 is 5.19. The molecule has 2 bridgehead atoms. The van der Waals surface area contributed by atoms with Crippen LogP contribution in [0.25, 0.3) is 0 Å². The molecular weight excluding hydrogens is 308 g/mol. The SMILES string of the molecule is CC1CCC2(C)C3CC(CCCCC(S)C4CCCCC42)CCC13. The van der Waals surface area contributed by atoms with E-state index in [0.29, 0.717) is 10.7 Å². The molecule has 0 spiro atoms. The van der Waals surface area contributed by atoms with E-state index in [-0.39, 0.29) is 0 Å². The van der Waals surface area contributed by atoms with Gasteiger partial charge in [-0.3, -0.25) is 0 Å². The van der Waals surface area contributed by atoms with Gasteiger partial charge in [-0.15, -0.1) is 0 Å². The van der Waals surface area contributed by atoms with E-state index in [1.807, 2.05) is 0 Å². The fraction of sp³-hybridized carbons (Fsp3) is 1.00. The van der Waals surface area contributed by atoms with Crippen LogP contribution in [0.5, 0.6) is 0 Å². The molecule has 4 rings (SSSR count). The number of thiol groups is 1. The van der Waals surface area contributed by atoms with E-state index in [2.05, 4.69) is 13.8 Å². The van der Waals surface area contributed by atoms with Gasteiger partial charge in [-0.25, -0.2) is 0 Å². The van der Waals surface area contributed by atoms with Gasteiger partial charge >= 0.3 is 0 Å². The Morgan fingerprint density at radius 1 is 0.750 bits per heavy atom. The summed E-state index contributed by atoms with van der Waals surface area (Å²) in [6.45, 7) is 5.33. The van der Waals surface area contributed by atoms with E-state index in [1.54, 1.807) is 19.3 Å². The van der Waals surface area contributed by atoms with Gasteiger partial charge in [0, 0.05) is 5.25 Å². The van der Waals surface area contributed by atoms with E-state index in [1.165, 1.54) is 64.2 Å². The Hall–Kier alpha value is 0.350. The Kier molecular flexibility index (Phi) is 5.30. The average molecular weight is 349 g/mol. The largest absolute Gasteiger partial charge is 0.176 e. The lowest BCUT2D eigenvalue weighted by molar-refractivity contribution is -0.0859. The van der Waals surface area contributed by atoms with E-state index < -0.39 is 0 Å². The number of fused-ring (bicyclic) bond motifs is 3. The van der Waals surface area contributed by atoms with Crippen molar-refractivity contribution in [1.82, 2.24) is 0 Å². The molecule has 0 saturated heterocycles. The molecule has 4 fully saturated rings. The Bertz CT molecular complexity index is 428. The summed E-state index contributed by atoms with van der Waals surface area (Å²) in [5.74, 6) is 6.01. The van der Waals surface area contributed by atoms with Crippen molar-refractivity contribution in [3.63, 3.8) is 0 Å². The van der Waals surface area contributed by atoms with Gasteiger partial charge in [-0.1, -0.05) is 52.4 Å². The molecule has 0 heterocycles. The summed E-state index contributed by atoms with van der Waals surface area (Å²) in [6, 6.07) is 0. The highest BCUT2D eigenvalue weighted by Gasteiger charge is 2.53. The average Bonchev–Trinajstić information content (AvgIpc) is 2.63. The molecule has 0 aromatic heterocycles. The number of rotatable bonds is 0. The predicted octanol–water partition coefficient (Wildman–Crippen LogP) is 7.13. The van der Waals surface area contributed by atoms with Gasteiger partial charge in [0.25, 0.3) is 0 Å². The zero-order valence-corrected chi connectivity index (χ0v) is 17.1. The molecular formula is C23H40S. The molecule has 138 valence electrons. The fourth-order valence-corrected chi connectivity index (χ4v) is 8.36. The van der Waals surface area contributed by atoms with Crippen molar-refractivity contribution in [3.8, 4) is 0 Å². The van der Waals surface area contributed by atoms with Gasteiger partial charge in [0.2, 0.25) is 0 Å². The van der Waals surface area contributed by atoms with Crippen molar-refractivity contribution in [2.45, 2.75) is 103 Å². The lowest BCUT2D eigenvalue weighted by atomic mass is 9.47. The Labute approximate surface area is 156 Å². The van der Waals surface area contributed by atoms with Gasteiger partial charge in [0.1, 0.15) is 0 Å². The predicted molar refractivity (Wildman–Crippen MR) is 108 cm³/mol. The molecule has 24 heavy (non-hydrogen) atoms. The second-order valence-corrected chi connectivity index (χ2v) is 11.0.